The number of fused-ring (bicyclic) bond motifs is 1. The summed E-state index contributed by atoms with van der Waals surface area (Å²) in [6.07, 6.45) is -3.40. The van der Waals surface area contributed by atoms with Crippen molar-refractivity contribution < 1.29 is 31.5 Å². The Hall–Kier alpha value is -2.25. The molecular weight excluding hydrogens is 433 g/mol. The molecule has 1 aromatic carbocycles. The number of alkyl halides is 3. The highest BCUT2D eigenvalue weighted by Crippen LogP contribution is 2.38. The summed E-state index contributed by atoms with van der Waals surface area (Å²) >= 11 is 1.51. The Morgan fingerprint density at radius 3 is 2.31 bits per heavy atom. The molecule has 0 amide bonds. The molecule has 0 unspecified atom stereocenters. The van der Waals surface area contributed by atoms with Crippen molar-refractivity contribution in [2.75, 3.05) is 18.0 Å². The molecule has 3 heterocycles. The molecule has 13 heteroatoms. The smallest absolute Gasteiger partial charge is 0.475 e. The number of aliphatic carboxylic acids is 1. The van der Waals surface area contributed by atoms with Crippen LogP contribution < -0.4 is 4.90 Å². The Morgan fingerprint density at radius 2 is 1.76 bits per heavy atom. The molecule has 2 atom stereocenters. The maximum atomic E-state index is 12.9. The van der Waals surface area contributed by atoms with Crippen molar-refractivity contribution >= 4 is 32.5 Å². The first-order valence-corrected chi connectivity index (χ1v) is 10.8. The Balaban J connectivity index is 0.000000298. The van der Waals surface area contributed by atoms with Crippen molar-refractivity contribution in [3.05, 3.63) is 35.8 Å². The molecule has 4 rings (SSSR count). The highest BCUT2D eigenvalue weighted by molar-refractivity contribution is 7.89. The number of sulfonamides is 1. The molecule has 2 saturated heterocycles. The van der Waals surface area contributed by atoms with Crippen molar-refractivity contribution in [1.82, 2.24) is 14.5 Å². The van der Waals surface area contributed by atoms with E-state index in [1.165, 1.54) is 11.3 Å². The lowest BCUT2D eigenvalue weighted by molar-refractivity contribution is -0.192. The van der Waals surface area contributed by atoms with Gasteiger partial charge in [-0.2, -0.15) is 17.5 Å². The summed E-state index contributed by atoms with van der Waals surface area (Å²) in [5.41, 5.74) is 1.72. The first-order valence-electron chi connectivity index (χ1n) is 8.52. The van der Waals surface area contributed by atoms with Gasteiger partial charge in [0, 0.05) is 25.2 Å². The van der Waals surface area contributed by atoms with E-state index < -0.39 is 22.2 Å². The third-order valence-electron chi connectivity index (χ3n) is 4.71. The normalized spacial score (nSPS) is 22.1. The van der Waals surface area contributed by atoms with Crippen LogP contribution in [0.15, 0.2) is 40.7 Å². The number of aromatic nitrogens is 2. The average molecular weight is 450 g/mol. The van der Waals surface area contributed by atoms with Crippen LogP contribution in [-0.4, -0.2) is 65.3 Å². The first-order chi connectivity index (χ1) is 13.6. The quantitative estimate of drug-likeness (QED) is 0.765. The largest absolute Gasteiger partial charge is 0.490 e. The van der Waals surface area contributed by atoms with Crippen LogP contribution in [-0.2, 0) is 14.8 Å². The van der Waals surface area contributed by atoms with E-state index >= 15 is 0 Å². The summed E-state index contributed by atoms with van der Waals surface area (Å²) in [6, 6.07) is 8.95. The van der Waals surface area contributed by atoms with Crippen LogP contribution in [0, 0.1) is 0 Å². The Bertz CT molecular complexity index is 939. The van der Waals surface area contributed by atoms with Gasteiger partial charge in [0.05, 0.1) is 4.90 Å². The number of carboxylic acids is 1. The van der Waals surface area contributed by atoms with Gasteiger partial charge < -0.3 is 10.0 Å². The second-order valence-electron chi connectivity index (χ2n) is 6.36. The predicted octanol–water partition coefficient (Wildman–Crippen LogP) is 2.21. The van der Waals surface area contributed by atoms with Crippen LogP contribution in [0.3, 0.4) is 0 Å². The second-order valence-corrected chi connectivity index (χ2v) is 9.06. The van der Waals surface area contributed by atoms with Gasteiger partial charge in [0.25, 0.3) is 0 Å². The van der Waals surface area contributed by atoms with Crippen molar-refractivity contribution in [2.24, 2.45) is 0 Å². The first kappa shape index (κ1) is 21.5. The fraction of sp³-hybridized carbons (Fsp3) is 0.438. The Labute approximate surface area is 168 Å². The fourth-order valence-electron chi connectivity index (χ4n) is 3.50. The summed E-state index contributed by atoms with van der Waals surface area (Å²) in [6.45, 7) is 1.41. The maximum absolute atomic E-state index is 12.9. The summed E-state index contributed by atoms with van der Waals surface area (Å²) in [5.74, 6) is -2.76. The number of nitrogens with zero attached hydrogens (tertiary/aromatic N) is 4. The van der Waals surface area contributed by atoms with Gasteiger partial charge in [-0.15, -0.1) is 10.2 Å². The van der Waals surface area contributed by atoms with Gasteiger partial charge in [-0.1, -0.05) is 29.5 Å². The molecule has 8 nitrogen and oxygen atoms in total. The summed E-state index contributed by atoms with van der Waals surface area (Å²) < 4.78 is 59.1. The molecule has 2 aliphatic rings. The van der Waals surface area contributed by atoms with E-state index in [1.807, 2.05) is 6.07 Å². The van der Waals surface area contributed by atoms with Gasteiger partial charge in [0.15, 0.2) is 0 Å². The topological polar surface area (TPSA) is 104 Å². The number of hydrogen-bond acceptors (Lipinski definition) is 7. The van der Waals surface area contributed by atoms with Crippen molar-refractivity contribution in [1.29, 1.82) is 0 Å². The standard InChI is InChI=1S/C14H16N4O2S2.C2HF3O2/c19-22(20,11-4-2-1-3-5-11)18-9-7-12-13(18)6-8-17(12)14-16-15-10-21-14;3-2(4,5)1(6)7/h1-5,10,12-13H,6-9H2;(H,6,7)/t12-,13+;/m0./s1. The molecule has 158 valence electrons. The highest BCUT2D eigenvalue weighted by Gasteiger charge is 2.48. The zero-order chi connectivity index (χ0) is 21.2. The molecule has 29 heavy (non-hydrogen) atoms. The van der Waals surface area contributed by atoms with Crippen LogP contribution in [0.1, 0.15) is 12.8 Å². The van der Waals surface area contributed by atoms with Crippen molar-refractivity contribution in [3.63, 3.8) is 0 Å². The lowest BCUT2D eigenvalue weighted by Crippen LogP contribution is -2.39. The van der Waals surface area contributed by atoms with E-state index in [0.717, 1.165) is 24.5 Å². The third-order valence-corrected chi connectivity index (χ3v) is 7.38. The summed E-state index contributed by atoms with van der Waals surface area (Å²) in [7, 11) is -3.41. The van der Waals surface area contributed by atoms with E-state index in [2.05, 4.69) is 15.1 Å². The van der Waals surface area contributed by atoms with Crippen LogP contribution in [0.25, 0.3) is 0 Å². The number of halogens is 3. The monoisotopic (exact) mass is 450 g/mol. The molecule has 2 fully saturated rings. The number of benzene rings is 1. The van der Waals surface area contributed by atoms with E-state index in [1.54, 1.807) is 34.1 Å². The number of hydrogen-bond donors (Lipinski definition) is 1. The number of carboxylic acid groups (broad SMARTS) is 1. The Morgan fingerprint density at radius 1 is 1.14 bits per heavy atom. The van der Waals surface area contributed by atoms with E-state index in [4.69, 9.17) is 9.90 Å². The SMILES string of the molecule is O=C(O)C(F)(F)F.O=S(=O)(c1ccccc1)N1CC[C@H]2[C@H]1CCN2c1nncs1. The number of anilines is 1. The molecule has 0 bridgehead atoms. The van der Waals surface area contributed by atoms with Gasteiger partial charge in [-0.05, 0) is 25.0 Å². The summed E-state index contributed by atoms with van der Waals surface area (Å²) in [5, 5.41) is 16.0. The van der Waals surface area contributed by atoms with Crippen molar-refractivity contribution in [2.45, 2.75) is 36.0 Å². The molecular formula is C16H17F3N4O4S2. The van der Waals surface area contributed by atoms with Gasteiger partial charge in [0.2, 0.25) is 15.2 Å². The fourth-order valence-corrected chi connectivity index (χ4v) is 5.87. The van der Waals surface area contributed by atoms with Crippen LogP contribution >= 0.6 is 11.3 Å². The number of carbonyl (C=O) groups is 1. The Kier molecular flexibility index (Phi) is 6.10. The third kappa shape index (κ3) is 4.51. The van der Waals surface area contributed by atoms with E-state index in [-0.39, 0.29) is 12.1 Å². The van der Waals surface area contributed by atoms with Gasteiger partial charge in [-0.3, -0.25) is 0 Å². The van der Waals surface area contributed by atoms with Crippen LogP contribution in [0.4, 0.5) is 18.3 Å². The molecule has 1 N–H and O–H groups in total. The molecule has 1 aromatic heterocycles. The predicted molar refractivity (Wildman–Crippen MR) is 98.1 cm³/mol. The zero-order valence-electron chi connectivity index (χ0n) is 14.9. The minimum atomic E-state index is -5.08. The molecule has 0 saturated carbocycles. The molecule has 2 aromatic rings. The van der Waals surface area contributed by atoms with E-state index in [9.17, 15) is 21.6 Å². The van der Waals surface area contributed by atoms with Crippen LogP contribution in [0.5, 0.6) is 0 Å². The molecule has 0 spiro atoms. The average Bonchev–Trinajstić information content (AvgIpc) is 3.39. The number of rotatable bonds is 3. The van der Waals surface area contributed by atoms with E-state index in [0.29, 0.717) is 11.4 Å². The maximum Gasteiger partial charge on any atom is 0.490 e. The lowest BCUT2D eigenvalue weighted by Gasteiger charge is -2.24. The summed E-state index contributed by atoms with van der Waals surface area (Å²) in [4.78, 5) is 11.5. The minimum Gasteiger partial charge on any atom is -0.475 e. The van der Waals surface area contributed by atoms with Gasteiger partial charge in [-0.25, -0.2) is 13.2 Å². The zero-order valence-corrected chi connectivity index (χ0v) is 16.5. The van der Waals surface area contributed by atoms with Gasteiger partial charge in [0.1, 0.15) is 5.51 Å². The molecule has 0 radical (unpaired) electrons. The second kappa shape index (κ2) is 8.24. The highest BCUT2D eigenvalue weighted by atomic mass is 32.2. The minimum absolute atomic E-state index is 0.0362. The van der Waals surface area contributed by atoms with Crippen LogP contribution in [0.2, 0.25) is 0 Å². The lowest BCUT2D eigenvalue weighted by atomic mass is 10.1. The molecule has 2 aliphatic heterocycles. The van der Waals surface area contributed by atoms with Crippen molar-refractivity contribution in [3.8, 4) is 0 Å². The van der Waals surface area contributed by atoms with Gasteiger partial charge >= 0.3 is 12.1 Å². The molecule has 0 aliphatic carbocycles.